The summed E-state index contributed by atoms with van der Waals surface area (Å²) in [4.78, 5) is 11.6. The summed E-state index contributed by atoms with van der Waals surface area (Å²) in [7, 11) is 0. The van der Waals surface area contributed by atoms with Crippen molar-refractivity contribution < 1.29 is 4.79 Å². The van der Waals surface area contributed by atoms with E-state index in [-0.39, 0.29) is 5.91 Å². The smallest absolute Gasteiger partial charge is 0.221 e. The lowest BCUT2D eigenvalue weighted by Gasteiger charge is -2.10. The predicted octanol–water partition coefficient (Wildman–Crippen LogP) is 3.96. The van der Waals surface area contributed by atoms with Crippen LogP contribution < -0.4 is 10.6 Å². The van der Waals surface area contributed by atoms with Gasteiger partial charge in [0.05, 0.1) is 15.7 Å². The van der Waals surface area contributed by atoms with Crippen LogP contribution in [0.1, 0.15) is 26.7 Å². The van der Waals surface area contributed by atoms with Gasteiger partial charge in [-0.1, -0.05) is 43.1 Å². The van der Waals surface area contributed by atoms with E-state index < -0.39 is 0 Å². The third-order valence-electron chi connectivity index (χ3n) is 2.66. The fourth-order valence-electron chi connectivity index (χ4n) is 1.54. The molecule has 0 saturated heterocycles. The minimum Gasteiger partial charge on any atom is -0.383 e. The van der Waals surface area contributed by atoms with Crippen molar-refractivity contribution in [1.29, 1.82) is 0 Å². The summed E-state index contributed by atoms with van der Waals surface area (Å²) in [5, 5.41) is 6.99. The molecule has 5 heteroatoms. The minimum atomic E-state index is 0.0475. The number of carbonyl (C=O) groups is 1. The van der Waals surface area contributed by atoms with Crippen LogP contribution in [0.25, 0.3) is 0 Å². The number of carbonyl (C=O) groups excluding carboxylic acids is 1. The first-order chi connectivity index (χ1) is 9.00. The Morgan fingerprint density at radius 1 is 1.26 bits per heavy atom. The molecular formula is C14H20Cl2N2O. The SMILES string of the molecule is CC(C)CCNC(=O)CCNc1cccc(Cl)c1Cl. The molecule has 19 heavy (non-hydrogen) atoms. The van der Waals surface area contributed by atoms with Crippen LogP contribution in [0.2, 0.25) is 10.0 Å². The van der Waals surface area contributed by atoms with Crippen molar-refractivity contribution in [2.45, 2.75) is 26.7 Å². The molecule has 1 rings (SSSR count). The van der Waals surface area contributed by atoms with E-state index in [1.165, 1.54) is 0 Å². The number of halogens is 2. The number of benzene rings is 1. The van der Waals surface area contributed by atoms with Crippen molar-refractivity contribution in [3.63, 3.8) is 0 Å². The van der Waals surface area contributed by atoms with Crippen LogP contribution in [0.3, 0.4) is 0 Å². The first-order valence-electron chi connectivity index (χ1n) is 6.45. The molecule has 0 unspecified atom stereocenters. The van der Waals surface area contributed by atoms with E-state index in [1.807, 2.05) is 12.1 Å². The average Bonchev–Trinajstić information content (AvgIpc) is 2.34. The summed E-state index contributed by atoms with van der Waals surface area (Å²) in [6.45, 7) is 5.53. The number of rotatable bonds is 7. The lowest BCUT2D eigenvalue weighted by Crippen LogP contribution is -2.27. The molecule has 1 aromatic rings. The molecule has 0 aliphatic carbocycles. The van der Waals surface area contributed by atoms with Gasteiger partial charge in [0.15, 0.2) is 0 Å². The third-order valence-corrected chi connectivity index (χ3v) is 3.48. The second-order valence-corrected chi connectivity index (χ2v) is 5.60. The molecule has 2 N–H and O–H groups in total. The van der Waals surface area contributed by atoms with Gasteiger partial charge >= 0.3 is 0 Å². The van der Waals surface area contributed by atoms with Gasteiger partial charge in [0.1, 0.15) is 0 Å². The maximum Gasteiger partial charge on any atom is 0.221 e. The summed E-state index contributed by atoms with van der Waals surface area (Å²) in [5.41, 5.74) is 0.754. The van der Waals surface area contributed by atoms with Gasteiger partial charge in [0.25, 0.3) is 0 Å². The quantitative estimate of drug-likeness (QED) is 0.800. The van der Waals surface area contributed by atoms with Crippen LogP contribution >= 0.6 is 23.2 Å². The molecule has 0 radical (unpaired) electrons. The van der Waals surface area contributed by atoms with Crippen LogP contribution in [0.15, 0.2) is 18.2 Å². The highest BCUT2D eigenvalue weighted by molar-refractivity contribution is 6.43. The first kappa shape index (κ1) is 16.1. The molecule has 0 bridgehead atoms. The lowest BCUT2D eigenvalue weighted by atomic mass is 10.1. The summed E-state index contributed by atoms with van der Waals surface area (Å²) >= 11 is 11.9. The molecule has 1 amide bonds. The van der Waals surface area contributed by atoms with Gasteiger partial charge < -0.3 is 10.6 Å². The molecule has 0 atom stereocenters. The zero-order valence-electron chi connectivity index (χ0n) is 11.3. The van der Waals surface area contributed by atoms with Gasteiger partial charge in [-0.3, -0.25) is 4.79 Å². The predicted molar refractivity (Wildman–Crippen MR) is 82.0 cm³/mol. The fourth-order valence-corrected chi connectivity index (χ4v) is 1.91. The molecular weight excluding hydrogens is 283 g/mol. The van der Waals surface area contributed by atoms with E-state index in [0.717, 1.165) is 18.7 Å². The number of nitrogens with one attached hydrogen (secondary N) is 2. The highest BCUT2D eigenvalue weighted by Crippen LogP contribution is 2.29. The van der Waals surface area contributed by atoms with Gasteiger partial charge in [-0.05, 0) is 24.5 Å². The van der Waals surface area contributed by atoms with Crippen molar-refractivity contribution in [2.24, 2.45) is 5.92 Å². The largest absolute Gasteiger partial charge is 0.383 e. The molecule has 0 saturated carbocycles. The van der Waals surface area contributed by atoms with Crippen molar-refractivity contribution >= 4 is 34.8 Å². The highest BCUT2D eigenvalue weighted by Gasteiger charge is 2.05. The molecule has 0 fully saturated rings. The minimum absolute atomic E-state index is 0.0475. The zero-order chi connectivity index (χ0) is 14.3. The van der Waals surface area contributed by atoms with E-state index in [9.17, 15) is 4.79 Å². The van der Waals surface area contributed by atoms with E-state index in [0.29, 0.717) is 28.9 Å². The molecule has 0 aliphatic rings. The van der Waals surface area contributed by atoms with Crippen molar-refractivity contribution in [3.8, 4) is 0 Å². The highest BCUT2D eigenvalue weighted by atomic mass is 35.5. The lowest BCUT2D eigenvalue weighted by molar-refractivity contribution is -0.120. The molecule has 0 aliphatic heterocycles. The second kappa shape index (κ2) is 8.28. The summed E-state index contributed by atoms with van der Waals surface area (Å²) in [5.74, 6) is 0.648. The van der Waals surface area contributed by atoms with Gasteiger partial charge in [0, 0.05) is 19.5 Å². The van der Waals surface area contributed by atoms with Crippen LogP contribution in [-0.4, -0.2) is 19.0 Å². The summed E-state index contributed by atoms with van der Waals surface area (Å²) in [6.07, 6.45) is 1.42. The first-order valence-corrected chi connectivity index (χ1v) is 7.21. The molecule has 0 spiro atoms. The zero-order valence-corrected chi connectivity index (χ0v) is 12.8. The molecule has 1 aromatic carbocycles. The van der Waals surface area contributed by atoms with Crippen LogP contribution in [0.5, 0.6) is 0 Å². The number of anilines is 1. The molecule has 106 valence electrons. The monoisotopic (exact) mass is 302 g/mol. The topological polar surface area (TPSA) is 41.1 Å². The number of hydrogen-bond donors (Lipinski definition) is 2. The average molecular weight is 303 g/mol. The van der Waals surface area contributed by atoms with E-state index >= 15 is 0 Å². The Kier molecular flexibility index (Phi) is 7.03. The standard InChI is InChI=1S/C14H20Cl2N2O/c1-10(2)6-8-18-13(19)7-9-17-12-5-3-4-11(15)14(12)16/h3-5,10,17H,6-9H2,1-2H3,(H,18,19). The fraction of sp³-hybridized carbons (Fsp3) is 0.500. The molecule has 0 heterocycles. The van der Waals surface area contributed by atoms with Gasteiger partial charge in [0.2, 0.25) is 5.91 Å². The maximum absolute atomic E-state index is 11.6. The number of hydrogen-bond acceptors (Lipinski definition) is 2. The second-order valence-electron chi connectivity index (χ2n) is 4.81. The van der Waals surface area contributed by atoms with Crippen LogP contribution in [-0.2, 0) is 4.79 Å². The van der Waals surface area contributed by atoms with Crippen molar-refractivity contribution in [2.75, 3.05) is 18.4 Å². The summed E-state index contributed by atoms with van der Waals surface area (Å²) < 4.78 is 0. The van der Waals surface area contributed by atoms with Crippen LogP contribution in [0, 0.1) is 5.92 Å². The molecule has 3 nitrogen and oxygen atoms in total. The van der Waals surface area contributed by atoms with Crippen molar-refractivity contribution in [3.05, 3.63) is 28.2 Å². The third kappa shape index (κ3) is 6.17. The Labute approximate surface area is 124 Å². The van der Waals surface area contributed by atoms with E-state index in [1.54, 1.807) is 6.07 Å². The van der Waals surface area contributed by atoms with Crippen LogP contribution in [0.4, 0.5) is 5.69 Å². The maximum atomic E-state index is 11.6. The van der Waals surface area contributed by atoms with Gasteiger partial charge in [-0.25, -0.2) is 0 Å². The Bertz CT molecular complexity index is 422. The Morgan fingerprint density at radius 2 is 2.00 bits per heavy atom. The van der Waals surface area contributed by atoms with Gasteiger partial charge in [-0.15, -0.1) is 0 Å². The Hall–Kier alpha value is -0.930. The van der Waals surface area contributed by atoms with E-state index in [2.05, 4.69) is 24.5 Å². The number of amides is 1. The Morgan fingerprint density at radius 3 is 2.68 bits per heavy atom. The summed E-state index contributed by atoms with van der Waals surface area (Å²) in [6, 6.07) is 5.39. The van der Waals surface area contributed by atoms with E-state index in [4.69, 9.17) is 23.2 Å². The molecule has 0 aromatic heterocycles. The normalized spacial score (nSPS) is 10.6. The van der Waals surface area contributed by atoms with Gasteiger partial charge in [-0.2, -0.15) is 0 Å². The Balaban J connectivity index is 2.26. The van der Waals surface area contributed by atoms with Crippen molar-refractivity contribution in [1.82, 2.24) is 5.32 Å².